The van der Waals surface area contributed by atoms with Gasteiger partial charge in [-0.05, 0) is 50.7 Å². The van der Waals surface area contributed by atoms with Crippen LogP contribution in [0.2, 0.25) is 0 Å². The number of aromatic nitrogens is 3. The Morgan fingerprint density at radius 3 is 2.56 bits per heavy atom. The van der Waals surface area contributed by atoms with Crippen molar-refractivity contribution >= 4 is 33.0 Å². The maximum Gasteiger partial charge on any atom is 0.278 e. The Balaban J connectivity index is 1.15. The first kappa shape index (κ1) is 21.6. The molecule has 4 heterocycles. The van der Waals surface area contributed by atoms with E-state index in [9.17, 15) is 9.59 Å². The van der Waals surface area contributed by atoms with Crippen molar-refractivity contribution in [2.24, 2.45) is 5.92 Å². The number of nitrogens with zero attached hydrogens (tertiary/aromatic N) is 6. The zero-order chi connectivity index (χ0) is 23.1. The third-order valence-corrected chi connectivity index (χ3v) is 8.39. The smallest absolute Gasteiger partial charge is 0.278 e. The van der Waals surface area contributed by atoms with E-state index < -0.39 is 0 Å². The summed E-state index contributed by atoms with van der Waals surface area (Å²) < 4.78 is 1.48. The monoisotopic (exact) mass is 478 g/mol. The Morgan fingerprint density at radius 1 is 0.941 bits per heavy atom. The quantitative estimate of drug-likeness (QED) is 0.576. The number of rotatable bonds is 3. The summed E-state index contributed by atoms with van der Waals surface area (Å²) in [5.74, 6) is 0.228. The van der Waals surface area contributed by atoms with Gasteiger partial charge in [-0.2, -0.15) is 4.52 Å². The van der Waals surface area contributed by atoms with E-state index in [0.717, 1.165) is 87.6 Å². The number of hydrogen-bond donors (Lipinski definition) is 0. The van der Waals surface area contributed by atoms with Crippen molar-refractivity contribution in [3.05, 3.63) is 51.9 Å². The Morgan fingerprint density at radius 2 is 1.74 bits per heavy atom. The number of carbonyl (C=O) groups is 1. The van der Waals surface area contributed by atoms with Crippen molar-refractivity contribution in [1.29, 1.82) is 0 Å². The molecule has 0 saturated carbocycles. The van der Waals surface area contributed by atoms with Crippen LogP contribution in [0.5, 0.6) is 0 Å². The van der Waals surface area contributed by atoms with Gasteiger partial charge in [0.1, 0.15) is 0 Å². The number of aryl methyl sites for hydroxylation is 1. The SMILES string of the molecule is O=C([C@H]1CCCN(c2nn3c(=O)c4c(nc3s2)CCCC4)C1)N1CCN(c2ccccc2)CC1. The van der Waals surface area contributed by atoms with Crippen LogP contribution in [-0.2, 0) is 17.6 Å². The number of anilines is 2. The van der Waals surface area contributed by atoms with Crippen molar-refractivity contribution < 1.29 is 4.79 Å². The molecule has 1 aliphatic carbocycles. The molecule has 2 aliphatic heterocycles. The summed E-state index contributed by atoms with van der Waals surface area (Å²) in [4.78, 5) is 38.3. The lowest BCUT2D eigenvalue weighted by molar-refractivity contribution is -0.136. The van der Waals surface area contributed by atoms with Gasteiger partial charge >= 0.3 is 0 Å². The van der Waals surface area contributed by atoms with Crippen LogP contribution in [0.15, 0.2) is 35.1 Å². The molecule has 0 N–H and O–H groups in total. The molecule has 2 saturated heterocycles. The molecule has 8 nitrogen and oxygen atoms in total. The van der Waals surface area contributed by atoms with Crippen molar-refractivity contribution in [2.75, 3.05) is 49.1 Å². The Kier molecular flexibility index (Phi) is 5.72. The first-order chi connectivity index (χ1) is 16.7. The van der Waals surface area contributed by atoms with E-state index in [4.69, 9.17) is 4.98 Å². The van der Waals surface area contributed by atoms with Crippen LogP contribution < -0.4 is 15.4 Å². The van der Waals surface area contributed by atoms with Gasteiger partial charge in [-0.1, -0.05) is 29.5 Å². The molecule has 1 aromatic carbocycles. The molecule has 1 atom stereocenters. The maximum absolute atomic E-state index is 13.4. The fraction of sp³-hybridized carbons (Fsp3) is 0.520. The van der Waals surface area contributed by atoms with Crippen LogP contribution in [0, 0.1) is 5.92 Å². The standard InChI is InChI=1S/C25H30N6O2S/c32-22(29-15-13-28(14-16-29)19-8-2-1-3-9-19)18-7-6-12-30(17-18)25-27-31-23(33)20-10-4-5-11-21(20)26-24(31)34-25/h1-3,8-9,18H,4-7,10-17H2/t18-/m0/s1. The molecular formula is C25H30N6O2S. The third-order valence-electron chi connectivity index (χ3n) is 7.42. The molecule has 34 heavy (non-hydrogen) atoms. The van der Waals surface area contributed by atoms with E-state index in [2.05, 4.69) is 39.2 Å². The van der Waals surface area contributed by atoms with E-state index in [1.165, 1.54) is 21.5 Å². The summed E-state index contributed by atoms with van der Waals surface area (Å²) in [6.45, 7) is 4.77. The number of piperazine rings is 1. The lowest BCUT2D eigenvalue weighted by Crippen LogP contribution is -2.52. The predicted molar refractivity (Wildman–Crippen MR) is 134 cm³/mol. The molecule has 3 aromatic rings. The number of benzene rings is 1. The Bertz CT molecular complexity index is 1250. The highest BCUT2D eigenvalue weighted by molar-refractivity contribution is 7.20. The van der Waals surface area contributed by atoms with Gasteiger partial charge in [-0.25, -0.2) is 4.98 Å². The second-order valence-electron chi connectivity index (χ2n) is 9.56. The van der Waals surface area contributed by atoms with Gasteiger partial charge in [0.2, 0.25) is 16.0 Å². The molecule has 9 heteroatoms. The molecule has 0 radical (unpaired) electrons. The summed E-state index contributed by atoms with van der Waals surface area (Å²) in [6, 6.07) is 10.4. The third kappa shape index (κ3) is 3.96. The van der Waals surface area contributed by atoms with Crippen molar-refractivity contribution in [1.82, 2.24) is 19.5 Å². The number of amides is 1. The summed E-state index contributed by atoms with van der Waals surface area (Å²) in [7, 11) is 0. The van der Waals surface area contributed by atoms with Gasteiger partial charge in [-0.3, -0.25) is 9.59 Å². The average molecular weight is 479 g/mol. The van der Waals surface area contributed by atoms with Gasteiger partial charge in [-0.15, -0.1) is 5.10 Å². The number of para-hydroxylation sites is 1. The van der Waals surface area contributed by atoms with E-state index in [0.29, 0.717) is 11.5 Å². The second-order valence-corrected chi connectivity index (χ2v) is 10.5. The number of carbonyl (C=O) groups excluding carboxylic acids is 1. The summed E-state index contributed by atoms with van der Waals surface area (Å²) >= 11 is 1.47. The molecule has 0 bridgehead atoms. The summed E-state index contributed by atoms with van der Waals surface area (Å²) in [5, 5.41) is 5.45. The first-order valence-corrected chi connectivity index (χ1v) is 13.2. The molecule has 2 aromatic heterocycles. The molecule has 0 spiro atoms. The van der Waals surface area contributed by atoms with Gasteiger partial charge in [0.05, 0.1) is 11.6 Å². The fourth-order valence-corrected chi connectivity index (χ4v) is 6.47. The van der Waals surface area contributed by atoms with E-state index in [1.807, 2.05) is 11.0 Å². The molecule has 6 rings (SSSR count). The molecule has 2 fully saturated rings. The Hall–Kier alpha value is -2.94. The van der Waals surface area contributed by atoms with Crippen molar-refractivity contribution in [2.45, 2.75) is 38.5 Å². The predicted octanol–water partition coefficient (Wildman–Crippen LogP) is 2.60. The minimum absolute atomic E-state index is 0.0110. The highest BCUT2D eigenvalue weighted by atomic mass is 32.1. The Labute approximate surface area is 202 Å². The number of piperidine rings is 1. The topological polar surface area (TPSA) is 74.0 Å². The lowest BCUT2D eigenvalue weighted by Gasteiger charge is -2.39. The van der Waals surface area contributed by atoms with Crippen molar-refractivity contribution in [3.63, 3.8) is 0 Å². The van der Waals surface area contributed by atoms with Crippen LogP contribution in [0.3, 0.4) is 0 Å². The largest absolute Gasteiger partial charge is 0.368 e. The van der Waals surface area contributed by atoms with E-state index >= 15 is 0 Å². The van der Waals surface area contributed by atoms with Gasteiger partial charge < -0.3 is 14.7 Å². The molecular weight excluding hydrogens is 448 g/mol. The highest BCUT2D eigenvalue weighted by Gasteiger charge is 2.32. The minimum atomic E-state index is -0.0260. The van der Waals surface area contributed by atoms with Crippen molar-refractivity contribution in [3.8, 4) is 0 Å². The average Bonchev–Trinajstić information content (AvgIpc) is 3.34. The molecule has 1 amide bonds. The lowest BCUT2D eigenvalue weighted by atomic mass is 9.96. The summed E-state index contributed by atoms with van der Waals surface area (Å²) in [6.07, 6.45) is 5.68. The number of hydrogen-bond acceptors (Lipinski definition) is 7. The minimum Gasteiger partial charge on any atom is -0.368 e. The second kappa shape index (κ2) is 9.02. The fourth-order valence-electron chi connectivity index (χ4n) is 5.52. The van der Waals surface area contributed by atoms with Crippen LogP contribution in [0.1, 0.15) is 36.9 Å². The molecule has 178 valence electrons. The van der Waals surface area contributed by atoms with Gasteiger partial charge in [0, 0.05) is 50.5 Å². The zero-order valence-corrected chi connectivity index (χ0v) is 20.2. The van der Waals surface area contributed by atoms with E-state index in [1.54, 1.807) is 0 Å². The normalized spacial score (nSPS) is 21.1. The first-order valence-electron chi connectivity index (χ1n) is 12.4. The van der Waals surface area contributed by atoms with Crippen LogP contribution >= 0.6 is 11.3 Å². The highest BCUT2D eigenvalue weighted by Crippen LogP contribution is 2.29. The van der Waals surface area contributed by atoms with Gasteiger partial charge in [0.25, 0.3) is 5.56 Å². The van der Waals surface area contributed by atoms with Gasteiger partial charge in [0.15, 0.2) is 0 Å². The molecule has 3 aliphatic rings. The number of fused-ring (bicyclic) bond motifs is 2. The van der Waals surface area contributed by atoms with Crippen LogP contribution in [0.25, 0.3) is 4.96 Å². The van der Waals surface area contributed by atoms with E-state index in [-0.39, 0.29) is 17.4 Å². The van der Waals surface area contributed by atoms with Crippen LogP contribution in [-0.4, -0.2) is 64.7 Å². The maximum atomic E-state index is 13.4. The zero-order valence-electron chi connectivity index (χ0n) is 19.4. The van der Waals surface area contributed by atoms with Crippen LogP contribution in [0.4, 0.5) is 10.8 Å². The summed E-state index contributed by atoms with van der Waals surface area (Å²) in [5.41, 5.74) is 3.00. The molecule has 0 unspecified atom stereocenters.